The summed E-state index contributed by atoms with van der Waals surface area (Å²) in [7, 11) is 0. The van der Waals surface area contributed by atoms with Gasteiger partial charge in [0.2, 0.25) is 0 Å². The molecular formula is C26H35N5O4. The minimum absolute atomic E-state index is 0.0650. The standard InChI is InChI=1S/C26H35N5O4/c32-20-3-6-30(7-4-20)25(34)27-5-8-31-15-28-21-11-17(1-2-22(21)31)24(33)29-23-18-9-16-10-19(23)14-26(35,12-16)13-18/h1-2,11,15-16,18-20,23,32,35H,3-10,12-14H2,(H,27,34)(H,29,33)/t16?,18-,19+,23?,26?. The van der Waals surface area contributed by atoms with Crippen molar-refractivity contribution in [3.63, 3.8) is 0 Å². The first-order chi connectivity index (χ1) is 16.9. The van der Waals surface area contributed by atoms with E-state index in [0.29, 0.717) is 62.3 Å². The van der Waals surface area contributed by atoms with Crippen LogP contribution in [0.2, 0.25) is 0 Å². The number of nitrogens with zero attached hydrogens (tertiary/aromatic N) is 3. The van der Waals surface area contributed by atoms with E-state index in [1.807, 2.05) is 22.8 Å². The third-order valence-electron chi connectivity index (χ3n) is 8.80. The van der Waals surface area contributed by atoms with E-state index in [4.69, 9.17) is 0 Å². The average molecular weight is 482 g/mol. The van der Waals surface area contributed by atoms with Crippen LogP contribution in [-0.2, 0) is 6.54 Å². The van der Waals surface area contributed by atoms with Gasteiger partial charge in [0.25, 0.3) is 5.91 Å². The molecule has 3 amide bonds. The summed E-state index contributed by atoms with van der Waals surface area (Å²) in [4.78, 5) is 31.7. The van der Waals surface area contributed by atoms with Crippen LogP contribution in [0, 0.1) is 17.8 Å². The number of carbonyl (C=O) groups is 2. The second-order valence-electron chi connectivity index (χ2n) is 11.3. The van der Waals surface area contributed by atoms with Gasteiger partial charge >= 0.3 is 6.03 Å². The van der Waals surface area contributed by atoms with Crippen LogP contribution in [0.15, 0.2) is 24.5 Å². The van der Waals surface area contributed by atoms with Crippen LogP contribution in [-0.4, -0.2) is 74.0 Å². The maximum absolute atomic E-state index is 13.1. The number of aliphatic hydroxyl groups excluding tert-OH is 1. The first kappa shape index (κ1) is 22.8. The van der Waals surface area contributed by atoms with E-state index in [-0.39, 0.29) is 24.1 Å². The Hall–Kier alpha value is -2.65. The van der Waals surface area contributed by atoms with Crippen molar-refractivity contribution in [2.75, 3.05) is 19.6 Å². The molecule has 5 aliphatic rings. The Balaban J connectivity index is 1.06. The van der Waals surface area contributed by atoms with E-state index < -0.39 is 5.60 Å². The van der Waals surface area contributed by atoms with Gasteiger partial charge in [0.1, 0.15) is 0 Å². The van der Waals surface area contributed by atoms with Crippen LogP contribution >= 0.6 is 0 Å². The molecular weight excluding hydrogens is 446 g/mol. The number of hydrogen-bond acceptors (Lipinski definition) is 5. The first-order valence-corrected chi connectivity index (χ1v) is 13.1. The highest BCUT2D eigenvalue weighted by Gasteiger charge is 2.55. The molecule has 2 heterocycles. The van der Waals surface area contributed by atoms with Gasteiger partial charge in [-0.2, -0.15) is 0 Å². The number of aliphatic hydroxyl groups is 2. The average Bonchev–Trinajstić information content (AvgIpc) is 3.23. The Kier molecular flexibility index (Phi) is 5.72. The van der Waals surface area contributed by atoms with Crippen molar-refractivity contribution >= 4 is 23.0 Å². The van der Waals surface area contributed by atoms with Crippen molar-refractivity contribution < 1.29 is 19.8 Å². The fraction of sp³-hybridized carbons (Fsp3) is 0.654. The molecule has 1 aliphatic heterocycles. The van der Waals surface area contributed by atoms with E-state index in [9.17, 15) is 19.8 Å². The Labute approximate surface area is 204 Å². The number of urea groups is 1. The van der Waals surface area contributed by atoms with E-state index in [2.05, 4.69) is 15.6 Å². The van der Waals surface area contributed by atoms with Gasteiger partial charge < -0.3 is 30.3 Å². The topological polar surface area (TPSA) is 120 Å². The predicted octanol–water partition coefficient (Wildman–Crippen LogP) is 1.87. The number of aromatic nitrogens is 2. The second kappa shape index (κ2) is 8.78. The molecule has 9 heteroatoms. The number of imidazole rings is 1. The molecule has 2 aromatic rings. The summed E-state index contributed by atoms with van der Waals surface area (Å²) in [6.45, 7) is 2.22. The summed E-state index contributed by atoms with van der Waals surface area (Å²) < 4.78 is 1.98. The Morgan fingerprint density at radius 2 is 1.86 bits per heavy atom. The summed E-state index contributed by atoms with van der Waals surface area (Å²) in [6.07, 6.45) is 7.48. The third-order valence-corrected chi connectivity index (χ3v) is 8.80. The lowest BCUT2D eigenvalue weighted by Gasteiger charge is -2.58. The Morgan fingerprint density at radius 1 is 1.11 bits per heavy atom. The lowest BCUT2D eigenvalue weighted by molar-refractivity contribution is -0.136. The number of rotatable bonds is 5. The van der Waals surface area contributed by atoms with Gasteiger partial charge in [-0.15, -0.1) is 0 Å². The minimum atomic E-state index is -0.501. The van der Waals surface area contributed by atoms with E-state index in [1.54, 1.807) is 11.2 Å². The summed E-state index contributed by atoms with van der Waals surface area (Å²) >= 11 is 0. The third kappa shape index (κ3) is 4.40. The van der Waals surface area contributed by atoms with Gasteiger partial charge in [0.05, 0.1) is 29.1 Å². The van der Waals surface area contributed by atoms with Crippen LogP contribution in [0.25, 0.3) is 11.0 Å². The highest BCUT2D eigenvalue weighted by molar-refractivity contribution is 5.97. The number of likely N-dealkylation sites (tertiary alicyclic amines) is 1. The molecule has 5 atom stereocenters. The van der Waals surface area contributed by atoms with Crippen molar-refractivity contribution in [1.82, 2.24) is 25.1 Å². The number of hydrogen-bond donors (Lipinski definition) is 4. The lowest BCUT2D eigenvalue weighted by atomic mass is 9.52. The molecule has 4 saturated carbocycles. The predicted molar refractivity (Wildman–Crippen MR) is 130 cm³/mol. The largest absolute Gasteiger partial charge is 0.393 e. The van der Waals surface area contributed by atoms with Crippen LogP contribution < -0.4 is 10.6 Å². The number of amides is 3. The van der Waals surface area contributed by atoms with Crippen molar-refractivity contribution in [2.45, 2.75) is 69.2 Å². The van der Waals surface area contributed by atoms with Crippen LogP contribution in [0.5, 0.6) is 0 Å². The highest BCUT2D eigenvalue weighted by atomic mass is 16.3. The maximum Gasteiger partial charge on any atom is 0.317 e. The molecule has 7 rings (SSSR count). The number of carbonyl (C=O) groups excluding carboxylic acids is 2. The van der Waals surface area contributed by atoms with Crippen molar-refractivity contribution in [2.24, 2.45) is 17.8 Å². The Morgan fingerprint density at radius 3 is 2.57 bits per heavy atom. The molecule has 9 nitrogen and oxygen atoms in total. The van der Waals surface area contributed by atoms with Gasteiger partial charge in [-0.1, -0.05) is 0 Å². The molecule has 1 aromatic carbocycles. The summed E-state index contributed by atoms with van der Waals surface area (Å²) in [5, 5.41) is 26.6. The molecule has 4 bridgehead atoms. The van der Waals surface area contributed by atoms with Crippen LogP contribution in [0.3, 0.4) is 0 Å². The summed E-state index contributed by atoms with van der Waals surface area (Å²) in [6, 6.07) is 5.65. The minimum Gasteiger partial charge on any atom is -0.393 e. The fourth-order valence-corrected chi connectivity index (χ4v) is 7.30. The zero-order valence-corrected chi connectivity index (χ0v) is 20.0. The SMILES string of the molecule is O=C(NC1[C@@H]2CC3C[C@H]1CC(O)(C3)C2)c1ccc2c(c1)ncn2CCNC(=O)N1CCC(O)CC1. The summed E-state index contributed by atoms with van der Waals surface area (Å²) in [5.41, 5.74) is 1.79. The van der Waals surface area contributed by atoms with Crippen molar-refractivity contribution in [3.05, 3.63) is 30.1 Å². The molecule has 3 unspecified atom stereocenters. The molecule has 35 heavy (non-hydrogen) atoms. The normalized spacial score (nSPS) is 32.2. The number of benzene rings is 1. The molecule has 1 saturated heterocycles. The molecule has 0 radical (unpaired) electrons. The Bertz CT molecular complexity index is 1110. The smallest absolute Gasteiger partial charge is 0.317 e. The van der Waals surface area contributed by atoms with Gasteiger partial charge in [-0.25, -0.2) is 9.78 Å². The van der Waals surface area contributed by atoms with Gasteiger partial charge in [0.15, 0.2) is 0 Å². The quantitative estimate of drug-likeness (QED) is 0.520. The molecule has 0 spiro atoms. The molecule has 1 aromatic heterocycles. The monoisotopic (exact) mass is 481 g/mol. The van der Waals surface area contributed by atoms with E-state index in [0.717, 1.165) is 43.1 Å². The lowest BCUT2D eigenvalue weighted by Crippen LogP contribution is -2.61. The van der Waals surface area contributed by atoms with Crippen LogP contribution in [0.1, 0.15) is 55.3 Å². The molecule has 188 valence electrons. The van der Waals surface area contributed by atoms with Crippen molar-refractivity contribution in [3.8, 4) is 0 Å². The fourth-order valence-electron chi connectivity index (χ4n) is 7.30. The van der Waals surface area contributed by atoms with E-state index >= 15 is 0 Å². The van der Waals surface area contributed by atoms with Crippen molar-refractivity contribution in [1.29, 1.82) is 0 Å². The van der Waals surface area contributed by atoms with E-state index in [1.165, 1.54) is 0 Å². The highest BCUT2D eigenvalue weighted by Crippen LogP contribution is 2.55. The first-order valence-electron chi connectivity index (χ1n) is 13.1. The summed E-state index contributed by atoms with van der Waals surface area (Å²) in [5.74, 6) is 1.31. The molecule has 4 N–H and O–H groups in total. The van der Waals surface area contributed by atoms with Gasteiger partial charge in [0, 0.05) is 37.8 Å². The molecule has 5 fully saturated rings. The maximum atomic E-state index is 13.1. The van der Waals surface area contributed by atoms with Gasteiger partial charge in [-0.05, 0) is 80.9 Å². The zero-order valence-electron chi connectivity index (χ0n) is 20.0. The van der Waals surface area contributed by atoms with Crippen LogP contribution in [0.4, 0.5) is 4.79 Å². The number of nitrogens with one attached hydrogen (secondary N) is 2. The van der Waals surface area contributed by atoms with Gasteiger partial charge in [-0.3, -0.25) is 4.79 Å². The molecule has 4 aliphatic carbocycles. The number of fused-ring (bicyclic) bond motifs is 1. The number of piperidine rings is 1. The zero-order chi connectivity index (χ0) is 24.2. The second-order valence-corrected chi connectivity index (χ2v) is 11.3.